The maximum absolute atomic E-state index is 13.1. The van der Waals surface area contributed by atoms with Crippen LogP contribution in [0.2, 0.25) is 0 Å². The summed E-state index contributed by atoms with van der Waals surface area (Å²) in [5.74, 6) is -4.88. The summed E-state index contributed by atoms with van der Waals surface area (Å²) in [6.45, 7) is -0.553. The molecule has 0 spiro atoms. The molecule has 0 aliphatic carbocycles. The molecule has 0 aliphatic rings. The van der Waals surface area contributed by atoms with Crippen LogP contribution >= 0.6 is 0 Å². The number of hydrogen-bond donors (Lipinski definition) is 4. The van der Waals surface area contributed by atoms with Gasteiger partial charge in [-0.1, -0.05) is 51.4 Å². The maximum Gasteiger partial charge on any atom is 0.313 e. The van der Waals surface area contributed by atoms with E-state index in [-0.39, 0.29) is 45.9 Å². The third-order valence-corrected chi connectivity index (χ3v) is 7.08. The Balaban J connectivity index is 4.55. The van der Waals surface area contributed by atoms with E-state index >= 15 is 0 Å². The molecule has 0 heterocycles. The first-order chi connectivity index (χ1) is 23.0. The van der Waals surface area contributed by atoms with E-state index in [9.17, 15) is 33.6 Å². The number of unbranched alkanes of at least 4 members (excludes halogenated alkanes) is 10. The van der Waals surface area contributed by atoms with Gasteiger partial charge in [0.05, 0.1) is 12.8 Å². The molecule has 0 radical (unpaired) electrons. The molecule has 0 aromatic carbocycles. The lowest BCUT2D eigenvalue weighted by Gasteiger charge is -2.31. The molecular formula is C32H55N3O13. The van der Waals surface area contributed by atoms with Gasteiger partial charge >= 0.3 is 23.9 Å². The van der Waals surface area contributed by atoms with Crippen LogP contribution in [-0.4, -0.2) is 93.8 Å². The van der Waals surface area contributed by atoms with E-state index in [0.29, 0.717) is 32.1 Å². The summed E-state index contributed by atoms with van der Waals surface area (Å²) in [5.41, 5.74) is -2.15. The number of esters is 3. The molecule has 0 fully saturated rings. The van der Waals surface area contributed by atoms with Crippen molar-refractivity contribution in [1.29, 1.82) is 0 Å². The van der Waals surface area contributed by atoms with Crippen molar-refractivity contribution >= 4 is 41.6 Å². The Hall–Kier alpha value is -3.63. The van der Waals surface area contributed by atoms with Crippen LogP contribution in [0.4, 0.5) is 0 Å². The molecule has 48 heavy (non-hydrogen) atoms. The van der Waals surface area contributed by atoms with E-state index in [0.717, 1.165) is 44.9 Å². The number of rotatable bonds is 30. The molecule has 0 aromatic heterocycles. The van der Waals surface area contributed by atoms with Crippen LogP contribution < -0.4 is 16.0 Å². The van der Waals surface area contributed by atoms with Crippen molar-refractivity contribution in [2.45, 2.75) is 121 Å². The number of hydrogen-bond acceptors (Lipinski definition) is 12. The van der Waals surface area contributed by atoms with Gasteiger partial charge in [0.25, 0.3) is 5.91 Å². The average molecular weight is 690 g/mol. The predicted octanol–water partition coefficient (Wildman–Crippen LogP) is 2.60. The fourth-order valence-electron chi connectivity index (χ4n) is 4.59. The van der Waals surface area contributed by atoms with Crippen LogP contribution in [0.15, 0.2) is 0 Å². The van der Waals surface area contributed by atoms with Crippen molar-refractivity contribution in [3.8, 4) is 0 Å². The Morgan fingerprint density at radius 3 is 1.25 bits per heavy atom. The van der Waals surface area contributed by atoms with Crippen molar-refractivity contribution in [2.24, 2.45) is 0 Å². The Morgan fingerprint density at radius 2 is 0.854 bits per heavy atom. The highest BCUT2D eigenvalue weighted by atomic mass is 16.6. The van der Waals surface area contributed by atoms with Crippen LogP contribution in [0.3, 0.4) is 0 Å². The second-order valence-electron chi connectivity index (χ2n) is 11.3. The summed E-state index contributed by atoms with van der Waals surface area (Å²) in [6, 6.07) is 0. The first-order valence-electron chi connectivity index (χ1n) is 16.4. The molecule has 0 saturated heterocycles. The zero-order valence-electron chi connectivity index (χ0n) is 28.7. The normalized spacial score (nSPS) is 11.0. The number of ether oxygens (including phenoxy) is 5. The van der Waals surface area contributed by atoms with E-state index < -0.39 is 60.0 Å². The minimum absolute atomic E-state index is 0.0577. The Morgan fingerprint density at radius 1 is 0.500 bits per heavy atom. The molecule has 4 N–H and O–H groups in total. The molecule has 276 valence electrons. The van der Waals surface area contributed by atoms with Crippen LogP contribution in [0, 0.1) is 0 Å². The number of carboxylic acid groups (broad SMARTS) is 1. The molecule has 0 saturated carbocycles. The highest BCUT2D eigenvalue weighted by Crippen LogP contribution is 2.24. The van der Waals surface area contributed by atoms with Crippen LogP contribution in [0.25, 0.3) is 0 Å². The fourth-order valence-corrected chi connectivity index (χ4v) is 4.59. The maximum atomic E-state index is 13.1. The Kier molecular flexibility index (Phi) is 26.2. The minimum Gasteiger partial charge on any atom is -0.481 e. The largest absolute Gasteiger partial charge is 0.481 e. The summed E-state index contributed by atoms with van der Waals surface area (Å²) in [6.07, 6.45) is 7.79. The molecule has 0 aromatic rings. The second-order valence-corrected chi connectivity index (χ2v) is 11.3. The van der Waals surface area contributed by atoms with E-state index in [1.54, 1.807) is 0 Å². The van der Waals surface area contributed by atoms with Gasteiger partial charge in [-0.2, -0.15) is 0 Å². The number of carbonyl (C=O) groups is 7. The summed E-state index contributed by atoms with van der Waals surface area (Å²) >= 11 is 0. The predicted molar refractivity (Wildman–Crippen MR) is 171 cm³/mol. The zero-order chi connectivity index (χ0) is 36.0. The van der Waals surface area contributed by atoms with Gasteiger partial charge in [-0.15, -0.1) is 0 Å². The van der Waals surface area contributed by atoms with Crippen molar-refractivity contribution in [3.05, 3.63) is 0 Å². The van der Waals surface area contributed by atoms with Crippen molar-refractivity contribution in [2.75, 3.05) is 41.5 Å². The van der Waals surface area contributed by atoms with E-state index in [1.165, 1.54) is 21.3 Å². The first kappa shape index (κ1) is 44.4. The van der Waals surface area contributed by atoms with Gasteiger partial charge in [0.2, 0.25) is 17.4 Å². The highest BCUT2D eigenvalue weighted by Gasteiger charge is 2.46. The van der Waals surface area contributed by atoms with Gasteiger partial charge in [0.1, 0.15) is 20.2 Å². The number of methoxy groups -OCH3 is 3. The Labute approximate surface area is 282 Å². The second kappa shape index (κ2) is 28.4. The van der Waals surface area contributed by atoms with Crippen molar-refractivity contribution in [3.63, 3.8) is 0 Å². The van der Waals surface area contributed by atoms with Crippen LogP contribution in [0.5, 0.6) is 0 Å². The third kappa shape index (κ3) is 23.7. The molecule has 0 bridgehead atoms. The third-order valence-electron chi connectivity index (χ3n) is 7.08. The topological polar surface area (TPSA) is 222 Å². The Bertz CT molecular complexity index is 968. The van der Waals surface area contributed by atoms with Gasteiger partial charge < -0.3 is 44.7 Å². The van der Waals surface area contributed by atoms with Gasteiger partial charge in [-0.25, -0.2) is 0 Å². The van der Waals surface area contributed by atoms with Gasteiger partial charge in [0.15, 0.2) is 0 Å². The minimum atomic E-state index is -2.15. The van der Waals surface area contributed by atoms with E-state index in [4.69, 9.17) is 28.8 Å². The lowest BCUT2D eigenvalue weighted by molar-refractivity contribution is -0.174. The number of nitrogens with one attached hydrogen (secondary N) is 3. The number of amides is 3. The lowest BCUT2D eigenvalue weighted by Crippen LogP contribution is -2.55. The number of carboxylic acids is 1. The quantitative estimate of drug-likeness (QED) is 0.0369. The molecule has 16 nitrogen and oxygen atoms in total. The summed E-state index contributed by atoms with van der Waals surface area (Å²) in [5, 5.41) is 15.9. The molecule has 0 rings (SSSR count). The van der Waals surface area contributed by atoms with Crippen LogP contribution in [0.1, 0.15) is 116 Å². The summed E-state index contributed by atoms with van der Waals surface area (Å²) in [4.78, 5) is 85.3. The van der Waals surface area contributed by atoms with E-state index in [2.05, 4.69) is 16.0 Å². The summed E-state index contributed by atoms with van der Waals surface area (Å²) < 4.78 is 24.9. The van der Waals surface area contributed by atoms with Gasteiger partial charge in [-0.05, 0) is 25.7 Å². The SMILES string of the molecule is COCNC(=O)CC(CC(=O)NCOC)(OC(=O)CCCCCCCCC(=O)OC(=O)CCCCCCCCC(=O)O)C(=O)NCOC. The molecule has 3 amide bonds. The highest BCUT2D eigenvalue weighted by molar-refractivity contribution is 5.97. The summed E-state index contributed by atoms with van der Waals surface area (Å²) in [7, 11) is 4.05. The van der Waals surface area contributed by atoms with Gasteiger partial charge in [-0.3, -0.25) is 33.6 Å². The van der Waals surface area contributed by atoms with Crippen molar-refractivity contribution in [1.82, 2.24) is 16.0 Å². The smallest absolute Gasteiger partial charge is 0.313 e. The zero-order valence-corrected chi connectivity index (χ0v) is 28.7. The fraction of sp³-hybridized carbons (Fsp3) is 0.781. The molecule has 0 atom stereocenters. The lowest BCUT2D eigenvalue weighted by atomic mass is 9.92. The van der Waals surface area contributed by atoms with Crippen LogP contribution in [-0.2, 0) is 57.2 Å². The first-order valence-corrected chi connectivity index (χ1v) is 16.4. The molecule has 0 aliphatic heterocycles. The molecule has 0 unspecified atom stereocenters. The number of carbonyl (C=O) groups excluding carboxylic acids is 6. The number of aliphatic carboxylic acids is 1. The van der Waals surface area contributed by atoms with Crippen molar-refractivity contribution < 1.29 is 62.4 Å². The molecular weight excluding hydrogens is 634 g/mol. The monoisotopic (exact) mass is 689 g/mol. The standard InChI is InChI=1S/C32H55N3O13/c1-44-22-33-25(36)20-32(31(43)35-24-46-3,21-26(37)34-23-45-2)48-30(42)19-15-11-7-6-10-14-18-29(41)47-28(40)17-13-9-5-4-8-12-16-27(38)39/h4-24H2,1-3H3,(H,33,36)(H,34,37)(H,35,43)(H,38,39). The molecule has 16 heteroatoms. The average Bonchev–Trinajstić information content (AvgIpc) is 3.03. The van der Waals surface area contributed by atoms with E-state index in [1.807, 2.05) is 0 Å². The van der Waals surface area contributed by atoms with Gasteiger partial charge in [0, 0.05) is 47.0 Å².